The van der Waals surface area contributed by atoms with Crippen molar-refractivity contribution < 1.29 is 0 Å². The number of nitrogens with zero attached hydrogens (tertiary/aromatic N) is 2. The lowest BCUT2D eigenvalue weighted by atomic mass is 9.99. The normalized spacial score (nSPS) is 18.9. The molecule has 0 radical (unpaired) electrons. The first-order valence-corrected chi connectivity index (χ1v) is 9.33. The zero-order chi connectivity index (χ0) is 16.8. The molecule has 1 aromatic carbocycles. The zero-order valence-corrected chi connectivity index (χ0v) is 15.6. The van der Waals surface area contributed by atoms with Crippen molar-refractivity contribution in [2.24, 2.45) is 11.7 Å². The molecule has 0 spiro atoms. The molecule has 0 saturated carbocycles. The maximum Gasteiger partial charge on any atom is 0.0455 e. The molecule has 2 unspecified atom stereocenters. The number of hydrogen-bond donors (Lipinski definition) is 1. The predicted octanol–water partition coefficient (Wildman–Crippen LogP) is 3.92. The van der Waals surface area contributed by atoms with Gasteiger partial charge in [0.25, 0.3) is 0 Å². The Morgan fingerprint density at radius 2 is 1.78 bits per heavy atom. The summed E-state index contributed by atoms with van der Waals surface area (Å²) in [4.78, 5) is 5.07. The van der Waals surface area contributed by atoms with Gasteiger partial charge < -0.3 is 10.6 Å². The van der Waals surface area contributed by atoms with E-state index in [1.165, 1.54) is 30.6 Å². The van der Waals surface area contributed by atoms with E-state index in [9.17, 15) is 0 Å². The lowest BCUT2D eigenvalue weighted by molar-refractivity contribution is 0.237. The van der Waals surface area contributed by atoms with Crippen molar-refractivity contribution in [1.29, 1.82) is 0 Å². The van der Waals surface area contributed by atoms with Crippen molar-refractivity contribution in [3.05, 3.63) is 28.8 Å². The van der Waals surface area contributed by atoms with Crippen molar-refractivity contribution in [3.8, 4) is 0 Å². The first kappa shape index (κ1) is 18.6. The third-order valence-corrected chi connectivity index (χ3v) is 5.41. The molecule has 23 heavy (non-hydrogen) atoms. The summed E-state index contributed by atoms with van der Waals surface area (Å²) in [5.41, 5.74) is 8.34. The second-order valence-electron chi connectivity index (χ2n) is 7.16. The molecule has 2 rings (SSSR count). The Morgan fingerprint density at radius 3 is 2.43 bits per heavy atom. The average Bonchev–Trinajstić information content (AvgIpc) is 2.54. The number of benzene rings is 1. The molecule has 3 nitrogen and oxygen atoms in total. The lowest BCUT2D eigenvalue weighted by Crippen LogP contribution is -2.47. The van der Waals surface area contributed by atoms with Crippen molar-refractivity contribution in [2.75, 3.05) is 37.6 Å². The Balaban J connectivity index is 1.75. The van der Waals surface area contributed by atoms with E-state index in [-0.39, 0.29) is 0 Å². The largest absolute Gasteiger partial charge is 0.369 e. The molecule has 0 amide bonds. The Labute approximate surface area is 146 Å². The molecule has 2 atom stereocenters. The van der Waals surface area contributed by atoms with E-state index in [1.807, 2.05) is 6.07 Å². The van der Waals surface area contributed by atoms with E-state index >= 15 is 0 Å². The number of rotatable bonds is 7. The van der Waals surface area contributed by atoms with Crippen molar-refractivity contribution >= 4 is 17.3 Å². The van der Waals surface area contributed by atoms with Crippen LogP contribution in [0, 0.1) is 12.8 Å². The molecule has 0 aliphatic carbocycles. The highest BCUT2D eigenvalue weighted by atomic mass is 35.5. The molecule has 1 saturated heterocycles. The summed E-state index contributed by atoms with van der Waals surface area (Å²) in [5, 5.41) is 0.868. The summed E-state index contributed by atoms with van der Waals surface area (Å²) in [6.07, 6.45) is 3.67. The van der Waals surface area contributed by atoms with Gasteiger partial charge in [-0.05, 0) is 63.3 Å². The first-order valence-electron chi connectivity index (χ1n) is 8.95. The van der Waals surface area contributed by atoms with Crippen LogP contribution in [-0.2, 0) is 0 Å². The third-order valence-electron chi connectivity index (χ3n) is 5.01. The molecule has 1 heterocycles. The lowest BCUT2D eigenvalue weighted by Gasteiger charge is -2.37. The Bertz CT molecular complexity index is 482. The maximum atomic E-state index is 6.25. The highest BCUT2D eigenvalue weighted by molar-refractivity contribution is 6.31. The summed E-state index contributed by atoms with van der Waals surface area (Å²) in [6, 6.07) is 6.55. The fourth-order valence-electron chi connectivity index (χ4n) is 3.25. The number of piperazine rings is 1. The Hall–Kier alpha value is -0.770. The van der Waals surface area contributed by atoms with Gasteiger partial charge in [-0.3, -0.25) is 4.90 Å². The van der Waals surface area contributed by atoms with Gasteiger partial charge in [0, 0.05) is 42.9 Å². The van der Waals surface area contributed by atoms with Crippen LogP contribution in [0.3, 0.4) is 0 Å². The first-order chi connectivity index (χ1) is 11.0. The molecule has 4 heteroatoms. The molecule has 1 aliphatic rings. The van der Waals surface area contributed by atoms with Gasteiger partial charge in [0.15, 0.2) is 0 Å². The topological polar surface area (TPSA) is 32.5 Å². The summed E-state index contributed by atoms with van der Waals surface area (Å²) < 4.78 is 0. The minimum atomic E-state index is 0.335. The van der Waals surface area contributed by atoms with Gasteiger partial charge in [0.1, 0.15) is 0 Å². The van der Waals surface area contributed by atoms with Crippen molar-refractivity contribution in [2.45, 2.75) is 46.1 Å². The number of anilines is 1. The van der Waals surface area contributed by atoms with Crippen LogP contribution in [0.1, 0.15) is 38.7 Å². The number of nitrogens with two attached hydrogens (primary N) is 1. The van der Waals surface area contributed by atoms with Crippen LogP contribution in [0.2, 0.25) is 5.02 Å². The van der Waals surface area contributed by atoms with E-state index < -0.39 is 0 Å². The van der Waals surface area contributed by atoms with Gasteiger partial charge in [-0.1, -0.05) is 24.6 Å². The molecule has 2 N–H and O–H groups in total. The van der Waals surface area contributed by atoms with Crippen LogP contribution < -0.4 is 10.6 Å². The fourth-order valence-corrected chi connectivity index (χ4v) is 3.42. The van der Waals surface area contributed by atoms with E-state index in [0.717, 1.165) is 43.5 Å². The van der Waals surface area contributed by atoms with E-state index in [0.29, 0.717) is 6.04 Å². The van der Waals surface area contributed by atoms with Crippen molar-refractivity contribution in [3.63, 3.8) is 0 Å². The summed E-state index contributed by atoms with van der Waals surface area (Å²) >= 11 is 6.25. The molecule has 130 valence electrons. The maximum absolute atomic E-state index is 6.25. The van der Waals surface area contributed by atoms with Gasteiger partial charge >= 0.3 is 0 Å². The third kappa shape index (κ3) is 5.66. The summed E-state index contributed by atoms with van der Waals surface area (Å²) in [5.74, 6) is 0.772. The zero-order valence-electron chi connectivity index (χ0n) is 14.9. The van der Waals surface area contributed by atoms with Crippen LogP contribution in [0.25, 0.3) is 0 Å². The van der Waals surface area contributed by atoms with Gasteiger partial charge in [0.2, 0.25) is 0 Å². The second kappa shape index (κ2) is 8.91. The van der Waals surface area contributed by atoms with Gasteiger partial charge in [-0.15, -0.1) is 0 Å². The van der Waals surface area contributed by atoms with Gasteiger partial charge in [0.05, 0.1) is 0 Å². The fraction of sp³-hybridized carbons (Fsp3) is 0.684. The average molecular weight is 338 g/mol. The molecule has 0 aromatic heterocycles. The molecular weight excluding hydrogens is 306 g/mol. The number of halogens is 1. The second-order valence-corrected chi connectivity index (χ2v) is 7.57. The van der Waals surface area contributed by atoms with Crippen LogP contribution in [0.15, 0.2) is 18.2 Å². The van der Waals surface area contributed by atoms with E-state index in [2.05, 4.69) is 42.7 Å². The van der Waals surface area contributed by atoms with E-state index in [1.54, 1.807) is 0 Å². The SMILES string of the molecule is Cc1c(Cl)cccc1N1CCN(CCC(C)CCC(C)N)CC1. The van der Waals surface area contributed by atoms with Crippen molar-refractivity contribution in [1.82, 2.24) is 4.90 Å². The molecule has 0 bridgehead atoms. The van der Waals surface area contributed by atoms with Crippen LogP contribution >= 0.6 is 11.6 Å². The molecule has 1 aromatic rings. The minimum absolute atomic E-state index is 0.335. The van der Waals surface area contributed by atoms with Crippen LogP contribution in [-0.4, -0.2) is 43.7 Å². The summed E-state index contributed by atoms with van der Waals surface area (Å²) in [7, 11) is 0. The Kier molecular flexibility index (Phi) is 7.19. The highest BCUT2D eigenvalue weighted by Crippen LogP contribution is 2.27. The molecular formula is C19H32ClN3. The highest BCUT2D eigenvalue weighted by Gasteiger charge is 2.19. The quantitative estimate of drug-likeness (QED) is 0.818. The smallest absolute Gasteiger partial charge is 0.0455 e. The van der Waals surface area contributed by atoms with E-state index in [4.69, 9.17) is 17.3 Å². The molecule has 1 fully saturated rings. The predicted molar refractivity (Wildman–Crippen MR) is 102 cm³/mol. The Morgan fingerprint density at radius 1 is 1.09 bits per heavy atom. The van der Waals surface area contributed by atoms with Gasteiger partial charge in [-0.2, -0.15) is 0 Å². The standard InChI is InChI=1S/C19H32ClN3/c1-15(7-8-16(2)21)9-10-22-11-13-23(14-12-22)19-6-4-5-18(20)17(19)3/h4-6,15-16H,7-14,21H2,1-3H3. The summed E-state index contributed by atoms with van der Waals surface area (Å²) in [6.45, 7) is 12.3. The van der Waals surface area contributed by atoms with Crippen LogP contribution in [0.5, 0.6) is 0 Å². The monoisotopic (exact) mass is 337 g/mol. The minimum Gasteiger partial charge on any atom is -0.369 e. The number of hydrogen-bond acceptors (Lipinski definition) is 3. The van der Waals surface area contributed by atoms with Crippen LogP contribution in [0.4, 0.5) is 5.69 Å². The van der Waals surface area contributed by atoms with Gasteiger partial charge in [-0.25, -0.2) is 0 Å². The molecule has 1 aliphatic heterocycles.